The minimum absolute atomic E-state index is 0.0238. The monoisotopic (exact) mass is 205 g/mol. The summed E-state index contributed by atoms with van der Waals surface area (Å²) in [5.74, 6) is -0.0238. The van der Waals surface area contributed by atoms with E-state index in [0.29, 0.717) is 11.4 Å². The number of amides is 1. The van der Waals surface area contributed by atoms with Gasteiger partial charge in [0.15, 0.2) is 6.29 Å². The number of aryl methyl sites for hydroxylation is 1. The Morgan fingerprint density at radius 3 is 2.87 bits per heavy atom. The van der Waals surface area contributed by atoms with Gasteiger partial charge in [-0.05, 0) is 12.8 Å². The molecule has 0 unspecified atom stereocenters. The van der Waals surface area contributed by atoms with Gasteiger partial charge in [0.25, 0.3) is 0 Å². The van der Waals surface area contributed by atoms with E-state index in [1.165, 1.54) is 0 Å². The van der Waals surface area contributed by atoms with Crippen LogP contribution in [0.5, 0.6) is 0 Å². The lowest BCUT2D eigenvalue weighted by atomic mass is 10.1. The van der Waals surface area contributed by atoms with E-state index in [-0.39, 0.29) is 5.91 Å². The highest BCUT2D eigenvalue weighted by atomic mass is 16.2. The average molecular weight is 205 g/mol. The van der Waals surface area contributed by atoms with Crippen LogP contribution in [0.1, 0.15) is 23.3 Å². The van der Waals surface area contributed by atoms with Crippen molar-refractivity contribution in [1.29, 1.82) is 0 Å². The summed E-state index contributed by atoms with van der Waals surface area (Å²) in [6.45, 7) is 0. The van der Waals surface area contributed by atoms with Gasteiger partial charge in [0, 0.05) is 13.2 Å². The van der Waals surface area contributed by atoms with Gasteiger partial charge in [0.1, 0.15) is 11.2 Å². The van der Waals surface area contributed by atoms with Crippen LogP contribution in [0.15, 0.2) is 6.20 Å². The van der Waals surface area contributed by atoms with E-state index in [2.05, 4.69) is 10.6 Å². The lowest BCUT2D eigenvalue weighted by Crippen LogP contribution is -2.40. The largest absolute Gasteiger partial charge is 0.368 e. The normalized spacial score (nSPS) is 20.5. The quantitative estimate of drug-likeness (QED) is 0.664. The van der Waals surface area contributed by atoms with Gasteiger partial charge in [-0.1, -0.05) is 0 Å². The number of carbonyl (C=O) groups excluding carboxylic acids is 2. The minimum atomic E-state index is -0.394. The molecule has 2 N–H and O–H groups in total. The minimum Gasteiger partial charge on any atom is -0.368 e. The summed E-state index contributed by atoms with van der Waals surface area (Å²) < 4.78 is 1.71. The van der Waals surface area contributed by atoms with Crippen molar-refractivity contribution >= 4 is 23.6 Å². The molecule has 2 heterocycles. The third-order valence-electron chi connectivity index (χ3n) is 3.14. The lowest BCUT2D eigenvalue weighted by molar-refractivity contribution is -0.117. The summed E-state index contributed by atoms with van der Waals surface area (Å²) in [4.78, 5) is 22.6. The van der Waals surface area contributed by atoms with Crippen molar-refractivity contribution in [2.75, 3.05) is 10.6 Å². The van der Waals surface area contributed by atoms with Crippen molar-refractivity contribution in [2.45, 2.75) is 18.4 Å². The molecule has 1 fully saturated rings. The zero-order chi connectivity index (χ0) is 10.6. The molecule has 15 heavy (non-hydrogen) atoms. The molecule has 1 aromatic rings. The topological polar surface area (TPSA) is 63.1 Å². The summed E-state index contributed by atoms with van der Waals surface area (Å²) in [7, 11) is 1.79. The van der Waals surface area contributed by atoms with Crippen LogP contribution < -0.4 is 10.6 Å². The maximum absolute atomic E-state index is 11.7. The average Bonchev–Trinajstić information content (AvgIpc) is 2.89. The maximum atomic E-state index is 11.7. The fourth-order valence-electron chi connectivity index (χ4n) is 2.04. The van der Waals surface area contributed by atoms with Crippen LogP contribution in [0.3, 0.4) is 0 Å². The van der Waals surface area contributed by atoms with Crippen LogP contribution in [0, 0.1) is 0 Å². The molecule has 5 heteroatoms. The summed E-state index contributed by atoms with van der Waals surface area (Å²) in [6, 6.07) is 0. The molecule has 1 saturated carbocycles. The van der Waals surface area contributed by atoms with Crippen molar-refractivity contribution in [3.05, 3.63) is 11.9 Å². The number of rotatable bonds is 1. The molecule has 0 aromatic carbocycles. The SMILES string of the molecule is Cn1cc2c(c1C=O)NC(=O)C1(CC1)N2. The zero-order valence-electron chi connectivity index (χ0n) is 8.33. The number of aromatic nitrogens is 1. The molecule has 0 atom stereocenters. The van der Waals surface area contributed by atoms with Crippen LogP contribution >= 0.6 is 0 Å². The Morgan fingerprint density at radius 2 is 2.27 bits per heavy atom. The molecule has 1 amide bonds. The van der Waals surface area contributed by atoms with Gasteiger partial charge in [-0.2, -0.15) is 0 Å². The van der Waals surface area contributed by atoms with Crippen LogP contribution in [0.2, 0.25) is 0 Å². The number of hydrogen-bond donors (Lipinski definition) is 2. The first-order valence-electron chi connectivity index (χ1n) is 4.90. The number of fused-ring (bicyclic) bond motifs is 1. The second-order valence-electron chi connectivity index (χ2n) is 4.19. The number of nitrogens with zero attached hydrogens (tertiary/aromatic N) is 1. The third kappa shape index (κ3) is 0.973. The Labute approximate surface area is 86.5 Å². The first-order chi connectivity index (χ1) is 7.16. The molecule has 0 saturated heterocycles. The molecule has 5 nitrogen and oxygen atoms in total. The Morgan fingerprint density at radius 1 is 1.53 bits per heavy atom. The van der Waals surface area contributed by atoms with Crippen molar-refractivity contribution < 1.29 is 9.59 Å². The summed E-state index contributed by atoms with van der Waals surface area (Å²) in [5, 5.41) is 6.00. The summed E-state index contributed by atoms with van der Waals surface area (Å²) >= 11 is 0. The fourth-order valence-corrected chi connectivity index (χ4v) is 2.04. The van der Waals surface area contributed by atoms with Crippen molar-refractivity contribution in [1.82, 2.24) is 4.57 Å². The van der Waals surface area contributed by atoms with Gasteiger partial charge in [0.05, 0.1) is 11.4 Å². The smallest absolute Gasteiger partial charge is 0.250 e. The number of anilines is 2. The molecule has 1 aliphatic heterocycles. The fraction of sp³-hybridized carbons (Fsp3) is 0.400. The van der Waals surface area contributed by atoms with Crippen molar-refractivity contribution in [3.63, 3.8) is 0 Å². The van der Waals surface area contributed by atoms with E-state index in [0.717, 1.165) is 24.8 Å². The number of hydrogen-bond acceptors (Lipinski definition) is 3. The summed E-state index contributed by atoms with van der Waals surface area (Å²) in [6.07, 6.45) is 4.32. The molecule has 1 aromatic heterocycles. The Balaban J connectivity index is 2.12. The first-order valence-corrected chi connectivity index (χ1v) is 4.90. The number of carbonyl (C=O) groups is 2. The van der Waals surface area contributed by atoms with E-state index in [4.69, 9.17) is 0 Å². The lowest BCUT2D eigenvalue weighted by Gasteiger charge is -2.24. The third-order valence-corrected chi connectivity index (χ3v) is 3.14. The second kappa shape index (κ2) is 2.42. The van der Waals surface area contributed by atoms with Gasteiger partial charge < -0.3 is 15.2 Å². The van der Waals surface area contributed by atoms with E-state index < -0.39 is 5.54 Å². The van der Waals surface area contributed by atoms with E-state index in [1.54, 1.807) is 11.6 Å². The standard InChI is InChI=1S/C10H11N3O2/c1-13-4-6-8(7(13)5-14)11-9(15)10(12-6)2-3-10/h4-5,12H,2-3H2,1H3,(H,11,15). The number of nitrogens with one attached hydrogen (secondary N) is 2. The molecule has 0 bridgehead atoms. The Kier molecular flexibility index (Phi) is 1.37. The van der Waals surface area contributed by atoms with E-state index in [1.807, 2.05) is 6.20 Å². The van der Waals surface area contributed by atoms with Crippen LogP contribution in [-0.2, 0) is 11.8 Å². The Hall–Kier alpha value is -1.78. The maximum Gasteiger partial charge on any atom is 0.250 e. The van der Waals surface area contributed by atoms with Gasteiger partial charge in [-0.15, -0.1) is 0 Å². The molecule has 78 valence electrons. The summed E-state index contributed by atoms with van der Waals surface area (Å²) in [5.41, 5.74) is 1.56. The van der Waals surface area contributed by atoms with Gasteiger partial charge in [-0.25, -0.2) is 0 Å². The highest BCUT2D eigenvalue weighted by Gasteiger charge is 2.53. The highest BCUT2D eigenvalue weighted by Crippen LogP contribution is 2.46. The van der Waals surface area contributed by atoms with Crippen molar-refractivity contribution in [2.24, 2.45) is 7.05 Å². The van der Waals surface area contributed by atoms with Crippen LogP contribution in [0.4, 0.5) is 11.4 Å². The predicted octanol–water partition coefficient (Wildman–Crippen LogP) is 0.734. The van der Waals surface area contributed by atoms with Crippen molar-refractivity contribution in [3.8, 4) is 0 Å². The predicted molar refractivity (Wildman–Crippen MR) is 55.0 cm³/mol. The molecular weight excluding hydrogens is 194 g/mol. The molecule has 1 spiro atoms. The highest BCUT2D eigenvalue weighted by molar-refractivity contribution is 6.11. The van der Waals surface area contributed by atoms with Gasteiger partial charge >= 0.3 is 0 Å². The van der Waals surface area contributed by atoms with E-state index in [9.17, 15) is 9.59 Å². The van der Waals surface area contributed by atoms with Crippen LogP contribution in [-0.4, -0.2) is 22.3 Å². The molecular formula is C10H11N3O2. The number of aldehydes is 1. The van der Waals surface area contributed by atoms with Gasteiger partial charge in [-0.3, -0.25) is 9.59 Å². The second-order valence-corrected chi connectivity index (χ2v) is 4.19. The Bertz CT molecular complexity index is 471. The zero-order valence-corrected chi connectivity index (χ0v) is 8.33. The molecule has 3 rings (SSSR count). The van der Waals surface area contributed by atoms with E-state index >= 15 is 0 Å². The molecule has 1 aliphatic carbocycles. The molecule has 2 aliphatic rings. The molecule has 0 radical (unpaired) electrons. The van der Waals surface area contributed by atoms with Crippen LogP contribution in [0.25, 0.3) is 0 Å². The first kappa shape index (κ1) is 8.52. The van der Waals surface area contributed by atoms with Gasteiger partial charge in [0.2, 0.25) is 5.91 Å².